The van der Waals surface area contributed by atoms with Gasteiger partial charge in [-0.2, -0.15) is 0 Å². The number of benzene rings is 10. The van der Waals surface area contributed by atoms with Gasteiger partial charge in [-0.3, -0.25) is 0 Å². The van der Waals surface area contributed by atoms with Crippen LogP contribution in [0.25, 0.3) is 0 Å². The van der Waals surface area contributed by atoms with Gasteiger partial charge < -0.3 is 19.6 Å². The van der Waals surface area contributed by atoms with Crippen LogP contribution in [-0.4, -0.2) is 13.4 Å². The van der Waals surface area contributed by atoms with Gasteiger partial charge in [0, 0.05) is 68.2 Å². The summed E-state index contributed by atoms with van der Waals surface area (Å²) in [5.41, 5.74) is 51.1. The lowest BCUT2D eigenvalue weighted by Crippen LogP contribution is -2.62. The molecule has 0 saturated heterocycles. The second-order valence-electron chi connectivity index (χ2n) is 56.3. The zero-order valence-corrected chi connectivity index (χ0v) is 87.4. The summed E-state index contributed by atoms with van der Waals surface area (Å²) in [6.07, 6.45) is 13.6. The summed E-state index contributed by atoms with van der Waals surface area (Å²) in [6.45, 7) is 88.9. The molecule has 10 aromatic carbocycles. The first-order valence-electron chi connectivity index (χ1n) is 51.3. The summed E-state index contributed by atoms with van der Waals surface area (Å²) >= 11 is 0. The Labute approximate surface area is 791 Å². The summed E-state index contributed by atoms with van der Waals surface area (Å²) in [4.78, 5) is 11.3. The Morgan fingerprint density at radius 1 is 0.252 bits per heavy atom. The van der Waals surface area contributed by atoms with E-state index in [-0.39, 0.29) is 105 Å². The summed E-state index contributed by atoms with van der Waals surface area (Å²) in [5.74, 6) is 0.347. The SMILES string of the molecule is Cc1cc2c3c(c1)N(c1ccc4c(c1)C(C)(C)CC4(C)C)c1cc4c(cc1B3c1cc3c(cc1N2c1ccc2c(c1)C(C)(CC1CC(C)(C)c5cc6c(cc5C1(C)C)B1c5cc7c(cc5N(c5ccc8c(c5)C(C)(C)CC8(C)C)c5cc(C(C)(C)C)cc(c51)N6c1ccc5c(c1)C(C)(C)CCC5(C)C)C(C)(C)CC7(C)C)CCC2(C)C)C(C)(C)CCC3(C)C)C(C)(C)CC4(C)C. The Balaban J connectivity index is 0.742. The first-order chi connectivity index (χ1) is 60.4. The molecule has 12 aliphatic rings. The van der Waals surface area contributed by atoms with Crippen LogP contribution in [0, 0.1) is 12.8 Å². The molecule has 4 heterocycles. The zero-order valence-electron chi connectivity index (χ0n) is 87.4. The first kappa shape index (κ1) is 87.8. The lowest BCUT2D eigenvalue weighted by molar-refractivity contribution is 0.152. The van der Waals surface area contributed by atoms with Crippen LogP contribution in [0.15, 0.2) is 146 Å². The minimum atomic E-state index is -0.225. The monoisotopic (exact) mass is 1730 g/mol. The molecular formula is C125H154B2N4. The second kappa shape index (κ2) is 26.4. The van der Waals surface area contributed by atoms with Crippen molar-refractivity contribution in [2.24, 2.45) is 5.92 Å². The number of hydrogen-bond donors (Lipinski definition) is 0. The first-order valence-corrected chi connectivity index (χ1v) is 51.3. The Morgan fingerprint density at radius 2 is 0.496 bits per heavy atom. The highest BCUT2D eigenvalue weighted by atomic mass is 15.2. The average Bonchev–Trinajstić information content (AvgIpc) is 1.05. The molecule has 10 aromatic rings. The van der Waals surface area contributed by atoms with Gasteiger partial charge in [0.2, 0.25) is 0 Å². The van der Waals surface area contributed by atoms with Crippen LogP contribution in [0.1, 0.15) is 413 Å². The third-order valence-corrected chi connectivity index (χ3v) is 38.4. The van der Waals surface area contributed by atoms with Crippen molar-refractivity contribution in [3.8, 4) is 0 Å². The summed E-state index contributed by atoms with van der Waals surface area (Å²) in [7, 11) is 0. The Bertz CT molecular complexity index is 6710. The molecule has 0 radical (unpaired) electrons. The van der Waals surface area contributed by atoms with Gasteiger partial charge >= 0.3 is 0 Å². The van der Waals surface area contributed by atoms with E-state index in [0.29, 0.717) is 5.92 Å². The highest BCUT2D eigenvalue weighted by Crippen LogP contribution is 2.64. The molecule has 6 heteroatoms. The number of fused-ring (bicyclic) bond motifs is 16. The highest BCUT2D eigenvalue weighted by Gasteiger charge is 2.58. The van der Waals surface area contributed by atoms with E-state index >= 15 is 0 Å². The van der Waals surface area contributed by atoms with Crippen LogP contribution in [0.5, 0.6) is 0 Å². The number of nitrogens with zero attached hydrogens (tertiary/aromatic N) is 4. The maximum absolute atomic E-state index is 2.89. The molecule has 0 aromatic heterocycles. The molecule has 8 aliphatic carbocycles. The van der Waals surface area contributed by atoms with Gasteiger partial charge in [0.1, 0.15) is 0 Å². The van der Waals surface area contributed by atoms with E-state index in [1.54, 1.807) is 11.1 Å². The molecule has 4 aliphatic heterocycles. The largest absolute Gasteiger partial charge is 0.311 e. The predicted octanol–water partition coefficient (Wildman–Crippen LogP) is 30.0. The molecule has 680 valence electrons. The molecule has 4 nitrogen and oxygen atoms in total. The lowest BCUT2D eigenvalue weighted by atomic mass is 9.32. The van der Waals surface area contributed by atoms with E-state index in [2.05, 4.69) is 408 Å². The van der Waals surface area contributed by atoms with E-state index in [0.717, 1.165) is 70.6 Å². The van der Waals surface area contributed by atoms with Crippen molar-refractivity contribution in [1.29, 1.82) is 0 Å². The Kier molecular flexibility index (Phi) is 17.7. The molecule has 2 unspecified atom stereocenters. The fourth-order valence-corrected chi connectivity index (χ4v) is 31.6. The topological polar surface area (TPSA) is 13.0 Å². The summed E-state index contributed by atoms with van der Waals surface area (Å²) in [6, 6.07) is 64.1. The van der Waals surface area contributed by atoms with Crippen molar-refractivity contribution in [2.75, 3.05) is 19.6 Å². The number of rotatable bonds is 6. The molecule has 0 N–H and O–H groups in total. The minimum absolute atomic E-state index is 0.000172. The molecule has 0 saturated carbocycles. The van der Waals surface area contributed by atoms with Gasteiger partial charge in [-0.05, 0) is 412 Å². The molecule has 0 fully saturated rings. The van der Waals surface area contributed by atoms with E-state index in [1.807, 2.05) is 0 Å². The van der Waals surface area contributed by atoms with Crippen LogP contribution in [0.4, 0.5) is 68.2 Å². The van der Waals surface area contributed by atoms with Gasteiger partial charge in [0.15, 0.2) is 0 Å². The third-order valence-electron chi connectivity index (χ3n) is 38.4. The van der Waals surface area contributed by atoms with Gasteiger partial charge in [-0.15, -0.1) is 0 Å². The number of aryl methyl sites for hydroxylation is 1. The normalized spacial score (nSPS) is 24.6. The lowest BCUT2D eigenvalue weighted by Gasteiger charge is -2.53. The second-order valence-corrected chi connectivity index (χ2v) is 56.3. The highest BCUT2D eigenvalue weighted by molar-refractivity contribution is 7.01. The smallest absolute Gasteiger partial charge is 0.252 e. The van der Waals surface area contributed by atoms with Crippen LogP contribution in [-0.2, 0) is 92.1 Å². The molecular weight excluding hydrogens is 1580 g/mol. The molecule has 0 bridgehead atoms. The van der Waals surface area contributed by atoms with Crippen molar-refractivity contribution in [3.05, 3.63) is 246 Å². The quantitative estimate of drug-likeness (QED) is 0.154. The van der Waals surface area contributed by atoms with Crippen molar-refractivity contribution in [2.45, 2.75) is 411 Å². The zero-order chi connectivity index (χ0) is 93.8. The molecule has 131 heavy (non-hydrogen) atoms. The number of hydrogen-bond acceptors (Lipinski definition) is 4. The fourth-order valence-electron chi connectivity index (χ4n) is 31.6. The van der Waals surface area contributed by atoms with Crippen molar-refractivity contribution < 1.29 is 0 Å². The van der Waals surface area contributed by atoms with Crippen molar-refractivity contribution >= 4 is 114 Å². The number of anilines is 12. The van der Waals surface area contributed by atoms with Gasteiger partial charge in [-0.1, -0.05) is 284 Å². The van der Waals surface area contributed by atoms with Gasteiger partial charge in [0.05, 0.1) is 0 Å². The summed E-state index contributed by atoms with van der Waals surface area (Å²) in [5, 5.41) is 0. The van der Waals surface area contributed by atoms with E-state index < -0.39 is 0 Å². The van der Waals surface area contributed by atoms with E-state index in [4.69, 9.17) is 0 Å². The van der Waals surface area contributed by atoms with Crippen molar-refractivity contribution in [3.63, 3.8) is 0 Å². The van der Waals surface area contributed by atoms with Crippen LogP contribution in [0.2, 0.25) is 0 Å². The minimum Gasteiger partial charge on any atom is -0.311 e. The standard InChI is InChI=1S/C125H154B2N4/c1-72-50-103-107-104(51-72)129(99-62-89-86(113(11,12)46-47-114(89,13)14)58-95(99)126(107)96-59-87-90(122(29,30)70-120(87,25)26)63-100(96)128(103)76-37-41-80-84(55-76)118(21,22)68-116(80,17)18)78-39-43-82-94(57-78)125(35,49-48-111(82,7)8)67-74-66-115(15,16)92-65-102-98(61-93(92)124(74,33)34)127-97-60-88-91(123(31,32)71-121(88,27)28)64-101(97)131(77-38-42-81-85(56-77)119(23,24)69-117(81,19)20)106-53-73(109(2,3)4)52-105(108(106)127)130(102)75-36-40-79-83(54-75)112(9,10)45-44-110(79,5)6/h36-43,50-65,74H,44-49,66-71H2,1-35H3. The van der Waals surface area contributed by atoms with Gasteiger partial charge in [-0.25, -0.2) is 0 Å². The average molecular weight is 1730 g/mol. The fraction of sp³-hybridized carbons (Fsp3) is 0.520. The van der Waals surface area contributed by atoms with E-state index in [9.17, 15) is 0 Å². The maximum Gasteiger partial charge on any atom is 0.252 e. The third kappa shape index (κ3) is 12.4. The van der Waals surface area contributed by atoms with Gasteiger partial charge in [0.25, 0.3) is 13.4 Å². The maximum atomic E-state index is 2.89. The molecule has 22 rings (SSSR count). The molecule has 2 atom stereocenters. The molecule has 0 spiro atoms. The molecule has 0 amide bonds. The summed E-state index contributed by atoms with van der Waals surface area (Å²) < 4.78 is 0. The van der Waals surface area contributed by atoms with Crippen LogP contribution < -0.4 is 52.4 Å². The Hall–Kier alpha value is -8.47. The van der Waals surface area contributed by atoms with E-state index in [1.165, 1.54) is 196 Å². The van der Waals surface area contributed by atoms with Crippen LogP contribution >= 0.6 is 0 Å². The van der Waals surface area contributed by atoms with Crippen LogP contribution in [0.3, 0.4) is 0 Å². The Morgan fingerprint density at radius 3 is 0.840 bits per heavy atom. The predicted molar refractivity (Wildman–Crippen MR) is 566 cm³/mol. The van der Waals surface area contributed by atoms with Crippen molar-refractivity contribution in [1.82, 2.24) is 0 Å².